The van der Waals surface area contributed by atoms with E-state index in [4.69, 9.17) is 4.74 Å². The first-order chi connectivity index (χ1) is 12.6. The van der Waals surface area contributed by atoms with Crippen LogP contribution in [0.15, 0.2) is 58.8 Å². The molecule has 0 amide bonds. The predicted molar refractivity (Wildman–Crippen MR) is 95.0 cm³/mol. The monoisotopic (exact) mass is 376 g/mol. The third-order valence-corrected chi connectivity index (χ3v) is 3.99. The minimum absolute atomic E-state index is 0.0396. The third-order valence-electron chi connectivity index (χ3n) is 3.35. The molecule has 0 saturated carbocycles. The number of hydrogen-bond acceptors (Lipinski definition) is 6. The Labute approximate surface area is 152 Å². The van der Waals surface area contributed by atoms with Crippen LogP contribution in [0, 0.1) is 0 Å². The van der Waals surface area contributed by atoms with Gasteiger partial charge >= 0.3 is 0 Å². The van der Waals surface area contributed by atoms with Gasteiger partial charge in [0.25, 0.3) is 5.76 Å². The van der Waals surface area contributed by atoms with Gasteiger partial charge < -0.3 is 9.84 Å². The van der Waals surface area contributed by atoms with Crippen molar-refractivity contribution < 1.29 is 18.6 Å². The average molecular weight is 376 g/mol. The van der Waals surface area contributed by atoms with Crippen LogP contribution in [0.5, 0.6) is 11.5 Å². The van der Waals surface area contributed by atoms with Crippen molar-refractivity contribution in [2.75, 3.05) is 7.11 Å². The molecule has 3 aromatic rings. The Balaban J connectivity index is 2.00. The topological polar surface area (TPSA) is 72.5 Å². The largest absolute Gasteiger partial charge is 0.508 e. The number of alkyl halides is 2. The number of thioether (sulfide) groups is 1. The van der Waals surface area contributed by atoms with Crippen LogP contribution in [0.4, 0.5) is 8.78 Å². The number of rotatable bonds is 6. The number of aromatic nitrogens is 3. The van der Waals surface area contributed by atoms with E-state index in [1.807, 2.05) is 0 Å². The summed E-state index contributed by atoms with van der Waals surface area (Å²) in [6.45, 7) is 0. The van der Waals surface area contributed by atoms with Crippen LogP contribution in [0.1, 0.15) is 5.56 Å². The van der Waals surface area contributed by atoms with E-state index in [0.29, 0.717) is 22.7 Å². The van der Waals surface area contributed by atoms with Gasteiger partial charge in [-0.1, -0.05) is 12.1 Å². The molecule has 0 atom stereocenters. The third kappa shape index (κ3) is 4.17. The Bertz CT molecular complexity index is 913. The van der Waals surface area contributed by atoms with Gasteiger partial charge in [0.1, 0.15) is 11.5 Å². The summed E-state index contributed by atoms with van der Waals surface area (Å²) in [5, 5.41) is 21.5. The second-order valence-electron chi connectivity index (χ2n) is 5.06. The van der Waals surface area contributed by atoms with E-state index in [-0.39, 0.29) is 22.7 Å². The highest BCUT2D eigenvalue weighted by Gasteiger charge is 2.18. The molecule has 0 bridgehead atoms. The molecular formula is C17H14F2N4O2S. The van der Waals surface area contributed by atoms with Crippen LogP contribution in [-0.2, 0) is 0 Å². The first-order valence-corrected chi connectivity index (χ1v) is 8.33. The zero-order valence-corrected chi connectivity index (χ0v) is 14.4. The summed E-state index contributed by atoms with van der Waals surface area (Å²) in [6, 6.07) is 13.3. The summed E-state index contributed by atoms with van der Waals surface area (Å²) in [5.41, 5.74) is 1.25. The van der Waals surface area contributed by atoms with Crippen molar-refractivity contribution in [3.05, 3.63) is 54.1 Å². The molecule has 0 fully saturated rings. The maximum absolute atomic E-state index is 12.8. The zero-order chi connectivity index (χ0) is 18.5. The molecule has 1 heterocycles. The van der Waals surface area contributed by atoms with Crippen LogP contribution in [-0.4, -0.2) is 39.1 Å². The van der Waals surface area contributed by atoms with Gasteiger partial charge in [0.05, 0.1) is 13.3 Å². The van der Waals surface area contributed by atoms with Gasteiger partial charge in [-0.05, 0) is 53.7 Å². The predicted octanol–water partition coefficient (Wildman–Crippen LogP) is 3.86. The second kappa shape index (κ2) is 7.96. The Kier molecular flexibility index (Phi) is 5.47. The molecule has 1 aromatic heterocycles. The molecule has 0 spiro atoms. The first-order valence-electron chi connectivity index (χ1n) is 7.45. The Hall–Kier alpha value is -2.94. The van der Waals surface area contributed by atoms with Crippen LogP contribution in [0.25, 0.3) is 11.4 Å². The first kappa shape index (κ1) is 17.9. The zero-order valence-electron chi connectivity index (χ0n) is 13.6. The van der Waals surface area contributed by atoms with Gasteiger partial charge in [0.15, 0.2) is 5.82 Å². The Morgan fingerprint density at radius 1 is 1.19 bits per heavy atom. The molecule has 0 aliphatic carbocycles. The molecule has 6 nitrogen and oxygen atoms in total. The maximum Gasteiger partial charge on any atom is 0.291 e. The van der Waals surface area contributed by atoms with E-state index in [2.05, 4.69) is 15.3 Å². The van der Waals surface area contributed by atoms with Crippen molar-refractivity contribution in [1.82, 2.24) is 14.9 Å². The number of methoxy groups -OCH3 is 1. The SMILES string of the molecule is COc1ccc(-c2nnc(SC(F)F)n2/N=C\c2cccc(O)c2)cc1. The van der Waals surface area contributed by atoms with E-state index < -0.39 is 5.76 Å². The Morgan fingerprint density at radius 2 is 1.96 bits per heavy atom. The lowest BCUT2D eigenvalue weighted by Gasteiger charge is -2.05. The summed E-state index contributed by atoms with van der Waals surface area (Å²) in [4.78, 5) is 0. The quantitative estimate of drug-likeness (QED) is 0.522. The average Bonchev–Trinajstić information content (AvgIpc) is 3.02. The summed E-state index contributed by atoms with van der Waals surface area (Å²) >= 11 is 0.255. The molecule has 0 saturated heterocycles. The summed E-state index contributed by atoms with van der Waals surface area (Å²) in [5.74, 6) is -1.61. The maximum atomic E-state index is 12.8. The number of halogens is 2. The van der Waals surface area contributed by atoms with Crippen LogP contribution < -0.4 is 4.74 Å². The number of ether oxygens (including phenoxy) is 1. The van der Waals surface area contributed by atoms with Crippen LogP contribution in [0.2, 0.25) is 0 Å². The molecule has 3 rings (SSSR count). The fourth-order valence-corrected chi connectivity index (χ4v) is 2.65. The van der Waals surface area contributed by atoms with Gasteiger partial charge in [0, 0.05) is 5.56 Å². The lowest BCUT2D eigenvalue weighted by atomic mass is 10.2. The molecule has 1 N–H and O–H groups in total. The standard InChI is InChI=1S/C17H14F2N4O2S/c1-25-14-7-5-12(6-8-14)15-21-22-17(26-16(18)19)23(15)20-10-11-3-2-4-13(24)9-11/h2-10,16,24H,1H3/b20-10-. The van der Waals surface area contributed by atoms with E-state index >= 15 is 0 Å². The normalized spacial score (nSPS) is 11.4. The number of nitrogens with zero attached hydrogens (tertiary/aromatic N) is 4. The van der Waals surface area contributed by atoms with Crippen molar-refractivity contribution >= 4 is 18.0 Å². The van der Waals surface area contributed by atoms with Crippen LogP contribution in [0.3, 0.4) is 0 Å². The molecule has 0 radical (unpaired) electrons. The van der Waals surface area contributed by atoms with Crippen molar-refractivity contribution in [3.8, 4) is 22.9 Å². The van der Waals surface area contributed by atoms with Crippen molar-refractivity contribution in [2.24, 2.45) is 5.10 Å². The smallest absolute Gasteiger partial charge is 0.291 e. The molecule has 134 valence electrons. The van der Waals surface area contributed by atoms with E-state index in [1.165, 1.54) is 23.0 Å². The van der Waals surface area contributed by atoms with E-state index in [1.54, 1.807) is 43.5 Å². The molecule has 0 aliphatic heterocycles. The summed E-state index contributed by atoms with van der Waals surface area (Å²) in [6.07, 6.45) is 1.44. The van der Waals surface area contributed by atoms with E-state index in [9.17, 15) is 13.9 Å². The van der Waals surface area contributed by atoms with Crippen molar-refractivity contribution in [2.45, 2.75) is 10.9 Å². The fraction of sp³-hybridized carbons (Fsp3) is 0.118. The molecular weight excluding hydrogens is 362 g/mol. The lowest BCUT2D eigenvalue weighted by Crippen LogP contribution is -1.98. The highest BCUT2D eigenvalue weighted by Crippen LogP contribution is 2.28. The molecule has 0 unspecified atom stereocenters. The summed E-state index contributed by atoms with van der Waals surface area (Å²) in [7, 11) is 1.55. The van der Waals surface area contributed by atoms with E-state index in [0.717, 1.165) is 0 Å². The van der Waals surface area contributed by atoms with Crippen molar-refractivity contribution in [1.29, 1.82) is 0 Å². The highest BCUT2D eigenvalue weighted by molar-refractivity contribution is 7.99. The minimum Gasteiger partial charge on any atom is -0.508 e. The number of hydrogen-bond donors (Lipinski definition) is 1. The lowest BCUT2D eigenvalue weighted by molar-refractivity contribution is 0.251. The number of benzene rings is 2. The Morgan fingerprint density at radius 3 is 2.62 bits per heavy atom. The highest BCUT2D eigenvalue weighted by atomic mass is 32.2. The van der Waals surface area contributed by atoms with Crippen molar-refractivity contribution in [3.63, 3.8) is 0 Å². The minimum atomic E-state index is -2.65. The number of aromatic hydroxyl groups is 1. The summed E-state index contributed by atoms with van der Waals surface area (Å²) < 4.78 is 32.0. The molecule has 0 aliphatic rings. The van der Waals surface area contributed by atoms with Crippen LogP contribution >= 0.6 is 11.8 Å². The molecule has 26 heavy (non-hydrogen) atoms. The van der Waals surface area contributed by atoms with Gasteiger partial charge in [-0.25, -0.2) is 0 Å². The number of phenols is 1. The molecule has 2 aromatic carbocycles. The molecule has 9 heteroatoms. The number of phenolic OH excluding ortho intramolecular Hbond substituents is 1. The van der Waals surface area contributed by atoms with Gasteiger partial charge in [0.2, 0.25) is 5.16 Å². The van der Waals surface area contributed by atoms with Gasteiger partial charge in [-0.3, -0.25) is 0 Å². The second-order valence-corrected chi connectivity index (χ2v) is 6.02. The van der Waals surface area contributed by atoms with Gasteiger partial charge in [-0.2, -0.15) is 18.6 Å². The fourth-order valence-electron chi connectivity index (χ4n) is 2.17. The van der Waals surface area contributed by atoms with Gasteiger partial charge in [-0.15, -0.1) is 10.2 Å².